The molecule has 1 heterocycles. The summed E-state index contributed by atoms with van der Waals surface area (Å²) in [7, 11) is -4.58. The van der Waals surface area contributed by atoms with Gasteiger partial charge in [0, 0.05) is 0 Å². The van der Waals surface area contributed by atoms with Crippen LogP contribution in [0.2, 0.25) is 0 Å². The molecule has 2 amide bonds. The molecule has 0 radical (unpaired) electrons. The summed E-state index contributed by atoms with van der Waals surface area (Å²) in [5.41, 5.74) is 6.40. The standard InChI is InChI=1S/C28H37FIN4O8S/c1-28(2,3)42-27(37)33-34(43(38,39)20-9-10-21(29)22(31)15-20)16-23(35)25(30-18-7-5-4-6-8-18)32-26(36)41-19-13-17-11-12-40-24(17)14-19/h4-10,15,17,19,23-25,35H,11-14,16,31H2,1-3H3,(H,32,36)(H,33,37)/q-1/t17?,19-,23-,24-,25-/m1/s1. The van der Waals surface area contributed by atoms with Crippen molar-refractivity contribution in [2.24, 2.45) is 5.92 Å². The zero-order valence-corrected chi connectivity index (χ0v) is 27.0. The zero-order chi connectivity index (χ0) is 31.4. The third-order valence-corrected chi connectivity index (χ3v) is 11.7. The Morgan fingerprint density at radius 2 is 1.91 bits per heavy atom. The number of anilines is 1. The van der Waals surface area contributed by atoms with E-state index in [2.05, 4.69) is 10.7 Å². The van der Waals surface area contributed by atoms with Crippen molar-refractivity contribution in [3.05, 3.63) is 57.9 Å². The molecule has 5 N–H and O–H groups in total. The van der Waals surface area contributed by atoms with Crippen LogP contribution < -0.4 is 37.7 Å². The van der Waals surface area contributed by atoms with Crippen LogP contribution in [-0.2, 0) is 24.2 Å². The summed E-state index contributed by atoms with van der Waals surface area (Å²) in [5, 5.41) is 14.1. The number of nitrogens with two attached hydrogens (primary N) is 1. The number of carbonyl (C=O) groups is 2. The van der Waals surface area contributed by atoms with E-state index in [1.165, 1.54) is 0 Å². The fraction of sp³-hybridized carbons (Fsp3) is 0.500. The number of rotatable bonds is 10. The number of hydrogen-bond acceptors (Lipinski definition) is 9. The van der Waals surface area contributed by atoms with Crippen molar-refractivity contribution < 1.29 is 62.9 Å². The number of ether oxygens (including phenoxy) is 3. The Balaban J connectivity index is 1.55. The molecule has 5 atom stereocenters. The Hall–Kier alpha value is -2.73. The summed E-state index contributed by atoms with van der Waals surface area (Å²) in [5.74, 6) is -0.479. The van der Waals surface area contributed by atoms with Gasteiger partial charge in [0.2, 0.25) is 0 Å². The van der Waals surface area contributed by atoms with Crippen LogP contribution in [0.5, 0.6) is 0 Å². The van der Waals surface area contributed by atoms with E-state index in [-0.39, 0.29) is 12.2 Å². The normalized spacial score (nSPS) is 21.7. The third kappa shape index (κ3) is 9.14. The van der Waals surface area contributed by atoms with Crippen LogP contribution >= 0.6 is 0 Å². The summed E-state index contributed by atoms with van der Waals surface area (Å²) < 4.78 is 58.1. The quantitative estimate of drug-likeness (QED) is 0.0848. The van der Waals surface area contributed by atoms with Gasteiger partial charge >= 0.3 is 262 Å². The van der Waals surface area contributed by atoms with E-state index in [0.717, 1.165) is 28.2 Å². The molecule has 2 aliphatic rings. The minimum atomic E-state index is -4.58. The van der Waals surface area contributed by atoms with E-state index < -0.39 is 82.1 Å². The average molecular weight is 736 g/mol. The number of carbonyl (C=O) groups excluding carboxylic acids is 2. The monoisotopic (exact) mass is 735 g/mol. The fourth-order valence-electron chi connectivity index (χ4n) is 4.81. The van der Waals surface area contributed by atoms with Gasteiger partial charge < -0.3 is 0 Å². The number of fused-ring (bicyclic) bond motifs is 1. The van der Waals surface area contributed by atoms with E-state index in [4.69, 9.17) is 19.9 Å². The molecular weight excluding hydrogens is 698 g/mol. The van der Waals surface area contributed by atoms with Crippen LogP contribution in [0.15, 0.2) is 53.4 Å². The summed E-state index contributed by atoms with van der Waals surface area (Å²) in [6.07, 6.45) is -1.43. The van der Waals surface area contributed by atoms with Crippen LogP contribution in [0.4, 0.5) is 19.7 Å². The SMILES string of the molecule is CC(C)(C)OC(=O)NN(C[C@@H](O)[C@@H](NC(=O)O[C@@H]1CC2CCO[C@@H]2C1)[I-]c1ccccc1)S(=O)(=O)c1ccc(F)c(N)c1. The molecule has 0 spiro atoms. The molecule has 2 fully saturated rings. The second-order valence-electron chi connectivity index (χ2n) is 11.3. The summed E-state index contributed by atoms with van der Waals surface area (Å²) in [6.45, 7) is 4.81. The van der Waals surface area contributed by atoms with E-state index >= 15 is 0 Å². The Morgan fingerprint density at radius 1 is 1.19 bits per heavy atom. The van der Waals surface area contributed by atoms with Crippen LogP contribution in [0.25, 0.3) is 0 Å². The first kappa shape index (κ1) is 33.2. The molecule has 4 rings (SSSR count). The number of amides is 2. The van der Waals surface area contributed by atoms with Crippen LogP contribution in [0, 0.1) is 15.3 Å². The second-order valence-corrected chi connectivity index (χ2v) is 16.4. The van der Waals surface area contributed by atoms with Gasteiger partial charge in [0.25, 0.3) is 0 Å². The molecule has 12 nitrogen and oxygen atoms in total. The predicted octanol–water partition coefficient (Wildman–Crippen LogP) is -0.222. The van der Waals surface area contributed by atoms with Crippen molar-refractivity contribution in [1.29, 1.82) is 0 Å². The molecule has 15 heteroatoms. The van der Waals surface area contributed by atoms with Gasteiger partial charge in [-0.05, 0) is 0 Å². The number of hydrazine groups is 1. The summed E-state index contributed by atoms with van der Waals surface area (Å²) in [6, 6.07) is 11.9. The molecule has 43 heavy (non-hydrogen) atoms. The second kappa shape index (κ2) is 13.9. The molecule has 238 valence electrons. The van der Waals surface area contributed by atoms with Crippen molar-refractivity contribution in [2.75, 3.05) is 18.9 Å². The predicted molar refractivity (Wildman–Crippen MR) is 149 cm³/mol. The molecule has 0 bridgehead atoms. The minimum absolute atomic E-state index is 0.0640. The maximum atomic E-state index is 13.8. The first-order valence-electron chi connectivity index (χ1n) is 13.7. The molecule has 1 aliphatic carbocycles. The molecule has 1 aliphatic heterocycles. The first-order valence-corrected chi connectivity index (χ1v) is 17.5. The van der Waals surface area contributed by atoms with Crippen molar-refractivity contribution in [3.8, 4) is 0 Å². The number of hydrogen-bond donors (Lipinski definition) is 4. The maximum absolute atomic E-state index is 13.8. The number of aliphatic hydroxyl groups is 1. The van der Waals surface area contributed by atoms with Crippen molar-refractivity contribution in [3.63, 3.8) is 0 Å². The van der Waals surface area contributed by atoms with E-state index in [0.29, 0.717) is 29.8 Å². The molecule has 1 saturated carbocycles. The third-order valence-electron chi connectivity index (χ3n) is 6.77. The van der Waals surface area contributed by atoms with Crippen LogP contribution in [0.1, 0.15) is 40.0 Å². The number of nitrogens with one attached hydrogen (secondary N) is 2. The Morgan fingerprint density at radius 3 is 2.56 bits per heavy atom. The van der Waals surface area contributed by atoms with E-state index in [1.807, 2.05) is 30.3 Å². The number of sulfonamides is 1. The van der Waals surface area contributed by atoms with Gasteiger partial charge in [-0.3, -0.25) is 0 Å². The number of nitrogens with zero attached hydrogens (tertiary/aromatic N) is 1. The first-order chi connectivity index (χ1) is 20.2. The number of nitrogen functional groups attached to an aromatic ring is 1. The molecule has 0 aromatic heterocycles. The molecule has 2 aromatic carbocycles. The topological polar surface area (TPSA) is 170 Å². The fourth-order valence-corrected chi connectivity index (χ4v) is 8.78. The van der Waals surface area contributed by atoms with Crippen molar-refractivity contribution >= 4 is 27.9 Å². The zero-order valence-electron chi connectivity index (χ0n) is 24.0. The van der Waals surface area contributed by atoms with E-state index in [9.17, 15) is 27.5 Å². The number of benzene rings is 2. The van der Waals surface area contributed by atoms with Gasteiger partial charge in [0.1, 0.15) is 0 Å². The summed E-state index contributed by atoms with van der Waals surface area (Å²) >= 11 is -1.14. The van der Waals surface area contributed by atoms with Crippen molar-refractivity contribution in [1.82, 2.24) is 15.2 Å². The number of alkyl carbamates (subject to hydrolysis) is 1. The van der Waals surface area contributed by atoms with Crippen LogP contribution in [0.3, 0.4) is 0 Å². The molecular formula is C28H37FIN4O8S-. The van der Waals surface area contributed by atoms with Gasteiger partial charge in [-0.2, -0.15) is 0 Å². The van der Waals surface area contributed by atoms with Gasteiger partial charge in [0.15, 0.2) is 0 Å². The molecule has 1 saturated heterocycles. The molecule has 1 unspecified atom stereocenters. The molecule has 2 aromatic rings. The van der Waals surface area contributed by atoms with E-state index in [1.54, 1.807) is 20.8 Å². The summed E-state index contributed by atoms with van der Waals surface area (Å²) in [4.78, 5) is 25.2. The number of aliphatic hydroxyl groups excluding tert-OH is 1. The van der Waals surface area contributed by atoms with Gasteiger partial charge in [-0.15, -0.1) is 0 Å². The van der Waals surface area contributed by atoms with Crippen LogP contribution in [-0.4, -0.2) is 71.2 Å². The Labute approximate surface area is 260 Å². The Bertz CT molecular complexity index is 1380. The van der Waals surface area contributed by atoms with Gasteiger partial charge in [-0.1, -0.05) is 0 Å². The van der Waals surface area contributed by atoms with Gasteiger partial charge in [-0.25, -0.2) is 0 Å². The Kier molecular flexibility index (Phi) is 10.7. The van der Waals surface area contributed by atoms with Gasteiger partial charge in [0.05, 0.1) is 0 Å². The number of alkyl halides is 1. The number of halogens is 2. The van der Waals surface area contributed by atoms with Crippen molar-refractivity contribution in [2.45, 2.75) is 72.9 Å². The average Bonchev–Trinajstić information content (AvgIpc) is 3.51.